The van der Waals surface area contributed by atoms with Crippen molar-refractivity contribution in [2.24, 2.45) is 0 Å². The van der Waals surface area contributed by atoms with Crippen LogP contribution in [-0.4, -0.2) is 17.2 Å². The van der Waals surface area contributed by atoms with Gasteiger partial charge in [0.1, 0.15) is 0 Å². The maximum absolute atomic E-state index is 9.24. The first-order valence-corrected chi connectivity index (χ1v) is 6.67. The molecule has 0 amide bonds. The average Bonchev–Trinajstić information content (AvgIpc) is 2.18. The first-order chi connectivity index (χ1) is 7.30. The van der Waals surface area contributed by atoms with E-state index in [1.165, 1.54) is 57.8 Å². The largest absolute Gasteiger partial charge is 0.454 e. The molecule has 3 heteroatoms. The van der Waals surface area contributed by atoms with Crippen molar-refractivity contribution in [3.05, 3.63) is 0 Å². The van der Waals surface area contributed by atoms with Gasteiger partial charge in [-0.25, -0.2) is 0 Å². The van der Waals surface area contributed by atoms with Gasteiger partial charge in [0.25, 0.3) is 0 Å². The van der Waals surface area contributed by atoms with Gasteiger partial charge < -0.3 is 10.0 Å². The van der Waals surface area contributed by atoms with Crippen LogP contribution in [0.25, 0.3) is 0 Å². The summed E-state index contributed by atoms with van der Waals surface area (Å²) in [6.45, 7) is 0. The lowest BCUT2D eigenvalue weighted by Crippen LogP contribution is -2.20. The smallest absolute Gasteiger partial charge is 0.427 e. The Morgan fingerprint density at radius 1 is 0.600 bits per heavy atom. The van der Waals surface area contributed by atoms with E-state index in [4.69, 9.17) is 0 Å². The minimum Gasteiger partial charge on any atom is -0.427 e. The summed E-state index contributed by atoms with van der Waals surface area (Å²) in [6, 6.07) is 0. The molecule has 0 radical (unpaired) electrons. The Kier molecular flexibility index (Phi) is 7.11. The summed E-state index contributed by atoms with van der Waals surface area (Å²) in [7, 11) is -1.09. The van der Waals surface area contributed by atoms with Crippen molar-refractivity contribution >= 4 is 7.12 Å². The predicted octanol–water partition coefficient (Wildman–Crippen LogP) is 3.13. The Bertz CT molecular complexity index is 139. The van der Waals surface area contributed by atoms with E-state index in [1.807, 2.05) is 0 Å². The van der Waals surface area contributed by atoms with Gasteiger partial charge in [0.15, 0.2) is 0 Å². The quantitative estimate of drug-likeness (QED) is 0.655. The third-order valence-corrected chi connectivity index (χ3v) is 3.57. The zero-order valence-electron chi connectivity index (χ0n) is 9.83. The highest BCUT2D eigenvalue weighted by atomic mass is 16.4. The molecule has 1 saturated carbocycles. The van der Waals surface area contributed by atoms with Gasteiger partial charge in [-0.05, 0) is 5.82 Å². The van der Waals surface area contributed by atoms with Crippen LogP contribution in [0, 0.1) is 0 Å². The van der Waals surface area contributed by atoms with Gasteiger partial charge >= 0.3 is 7.12 Å². The molecule has 0 heterocycles. The highest BCUT2D eigenvalue weighted by molar-refractivity contribution is 6.43. The highest BCUT2D eigenvalue weighted by Gasteiger charge is 2.22. The Balaban J connectivity index is 2.25. The van der Waals surface area contributed by atoms with Gasteiger partial charge in [0, 0.05) is 0 Å². The fourth-order valence-corrected chi connectivity index (χ4v) is 2.49. The maximum atomic E-state index is 9.24. The van der Waals surface area contributed by atoms with Crippen LogP contribution in [0.1, 0.15) is 70.6 Å². The monoisotopic (exact) mass is 212 g/mol. The molecule has 0 aromatic heterocycles. The van der Waals surface area contributed by atoms with Crippen LogP contribution in [0.3, 0.4) is 0 Å². The van der Waals surface area contributed by atoms with Crippen molar-refractivity contribution in [3.8, 4) is 0 Å². The zero-order valence-corrected chi connectivity index (χ0v) is 9.83. The third kappa shape index (κ3) is 6.21. The molecule has 1 aliphatic rings. The Labute approximate surface area is 94.2 Å². The van der Waals surface area contributed by atoms with Crippen LogP contribution in [-0.2, 0) is 0 Å². The number of rotatable bonds is 1. The van der Waals surface area contributed by atoms with Crippen molar-refractivity contribution in [2.45, 2.75) is 76.4 Å². The van der Waals surface area contributed by atoms with Crippen molar-refractivity contribution in [1.82, 2.24) is 0 Å². The van der Waals surface area contributed by atoms with Crippen LogP contribution in [0.15, 0.2) is 0 Å². The molecule has 1 aliphatic carbocycles. The molecule has 0 bridgehead atoms. The minimum atomic E-state index is -1.09. The summed E-state index contributed by atoms with van der Waals surface area (Å²) in [6.07, 6.45) is 13.7. The van der Waals surface area contributed by atoms with E-state index in [9.17, 15) is 10.0 Å². The maximum Gasteiger partial charge on any atom is 0.454 e. The van der Waals surface area contributed by atoms with Crippen LogP contribution in [0.4, 0.5) is 0 Å². The summed E-state index contributed by atoms with van der Waals surface area (Å²) in [5.74, 6) is 0.129. The van der Waals surface area contributed by atoms with E-state index >= 15 is 0 Å². The molecule has 0 atom stereocenters. The van der Waals surface area contributed by atoms with E-state index in [2.05, 4.69) is 0 Å². The molecule has 2 nitrogen and oxygen atoms in total. The Morgan fingerprint density at radius 2 is 0.933 bits per heavy atom. The van der Waals surface area contributed by atoms with Crippen molar-refractivity contribution in [3.63, 3.8) is 0 Å². The Morgan fingerprint density at radius 3 is 1.27 bits per heavy atom. The second kappa shape index (κ2) is 8.17. The van der Waals surface area contributed by atoms with Gasteiger partial charge in [-0.1, -0.05) is 70.6 Å². The summed E-state index contributed by atoms with van der Waals surface area (Å²) in [5.41, 5.74) is 0. The Hall–Kier alpha value is -0.0151. The van der Waals surface area contributed by atoms with E-state index in [0.717, 1.165) is 12.8 Å². The fourth-order valence-electron chi connectivity index (χ4n) is 2.49. The van der Waals surface area contributed by atoms with E-state index < -0.39 is 7.12 Å². The van der Waals surface area contributed by atoms with Crippen molar-refractivity contribution < 1.29 is 10.0 Å². The summed E-state index contributed by atoms with van der Waals surface area (Å²) in [4.78, 5) is 0. The van der Waals surface area contributed by atoms with Gasteiger partial charge in [-0.3, -0.25) is 0 Å². The van der Waals surface area contributed by atoms with Crippen LogP contribution >= 0.6 is 0 Å². The molecular formula is C12H25BO2. The molecule has 0 spiro atoms. The van der Waals surface area contributed by atoms with Gasteiger partial charge in [-0.15, -0.1) is 0 Å². The molecule has 0 aromatic carbocycles. The molecule has 0 unspecified atom stereocenters. The molecular weight excluding hydrogens is 187 g/mol. The molecule has 0 aliphatic heterocycles. The summed E-state index contributed by atoms with van der Waals surface area (Å²) >= 11 is 0. The van der Waals surface area contributed by atoms with Crippen LogP contribution in [0.5, 0.6) is 0 Å². The molecule has 2 N–H and O–H groups in total. The number of hydrogen-bond acceptors (Lipinski definition) is 2. The van der Waals surface area contributed by atoms with Gasteiger partial charge in [-0.2, -0.15) is 0 Å². The summed E-state index contributed by atoms with van der Waals surface area (Å²) < 4.78 is 0. The number of hydrogen-bond donors (Lipinski definition) is 2. The first-order valence-electron chi connectivity index (χ1n) is 6.67. The lowest BCUT2D eigenvalue weighted by molar-refractivity contribution is 0.363. The zero-order chi connectivity index (χ0) is 10.9. The molecule has 15 heavy (non-hydrogen) atoms. The van der Waals surface area contributed by atoms with Gasteiger partial charge in [0.2, 0.25) is 0 Å². The molecule has 88 valence electrons. The lowest BCUT2D eigenvalue weighted by atomic mass is 9.67. The average molecular weight is 212 g/mol. The first kappa shape index (κ1) is 13.1. The second-order valence-electron chi connectivity index (χ2n) is 4.93. The second-order valence-corrected chi connectivity index (χ2v) is 4.93. The topological polar surface area (TPSA) is 40.5 Å². The van der Waals surface area contributed by atoms with E-state index in [0.29, 0.717) is 0 Å². The predicted molar refractivity (Wildman–Crippen MR) is 64.7 cm³/mol. The van der Waals surface area contributed by atoms with E-state index in [-0.39, 0.29) is 5.82 Å². The molecule has 0 aromatic rings. The van der Waals surface area contributed by atoms with Crippen LogP contribution < -0.4 is 0 Å². The van der Waals surface area contributed by atoms with Crippen molar-refractivity contribution in [2.75, 3.05) is 0 Å². The van der Waals surface area contributed by atoms with E-state index in [1.54, 1.807) is 0 Å². The molecule has 1 rings (SSSR count). The summed E-state index contributed by atoms with van der Waals surface area (Å²) in [5, 5.41) is 18.5. The van der Waals surface area contributed by atoms with Crippen molar-refractivity contribution in [1.29, 1.82) is 0 Å². The SMILES string of the molecule is OB(O)C1CCCCCCCCCCC1. The lowest BCUT2D eigenvalue weighted by Gasteiger charge is -2.16. The minimum absolute atomic E-state index is 0.129. The van der Waals surface area contributed by atoms with Crippen LogP contribution in [0.2, 0.25) is 5.82 Å². The van der Waals surface area contributed by atoms with Gasteiger partial charge in [0.05, 0.1) is 0 Å². The molecule has 1 fully saturated rings. The standard InChI is InChI=1S/C12H25BO2/c14-13(15)12-10-8-6-4-2-1-3-5-7-9-11-12/h12,14-15H,1-11H2. The fraction of sp³-hybridized carbons (Fsp3) is 1.00. The highest BCUT2D eigenvalue weighted by Crippen LogP contribution is 2.25. The normalized spacial score (nSPS) is 22.8. The molecule has 0 saturated heterocycles. The third-order valence-electron chi connectivity index (χ3n) is 3.57.